The summed E-state index contributed by atoms with van der Waals surface area (Å²) in [4.78, 5) is 32.4. The number of carbonyl (C=O) groups is 1. The predicted octanol–water partition coefficient (Wildman–Crippen LogP) is 4.99. The zero-order valence-electron chi connectivity index (χ0n) is 22.2. The number of nitrogens with one attached hydrogen (secondary N) is 4. The van der Waals surface area contributed by atoms with Crippen LogP contribution in [-0.4, -0.2) is 50.9 Å². The van der Waals surface area contributed by atoms with Crippen LogP contribution in [0.3, 0.4) is 0 Å². The first-order valence-electron chi connectivity index (χ1n) is 13.6. The number of pyridine rings is 3. The van der Waals surface area contributed by atoms with Gasteiger partial charge in [-0.25, -0.2) is 10.4 Å². The molecule has 6 heterocycles. The molecule has 200 valence electrons. The number of likely N-dealkylation sites (tertiary alicyclic amines) is 1. The molecule has 9 nitrogen and oxygen atoms in total. The molecular formula is C31H30N8O. The standard InChI is InChI=1S/C31H30N8O/c1-39-11-8-19(9-12-39)31(40)35-22-13-20(16-32-18-22)21-14-25-29(37-38-30(25)34-17-21)28-15-24-23(5-4-7-27(24)36-28)26-6-2-3-10-33-26/h2-7,10,13-19,29,36-37H,8-9,11-12H2,1H3,(H,34,38)(H,35,40). The molecule has 7 rings (SSSR count). The maximum Gasteiger partial charge on any atom is 0.227 e. The second kappa shape index (κ2) is 10.2. The molecule has 1 aromatic carbocycles. The second-order valence-electron chi connectivity index (χ2n) is 10.6. The van der Waals surface area contributed by atoms with Gasteiger partial charge in [0.1, 0.15) is 5.82 Å². The minimum atomic E-state index is -0.119. The number of fused-ring (bicyclic) bond motifs is 2. The molecule has 9 heteroatoms. The molecule has 1 amide bonds. The fourth-order valence-electron chi connectivity index (χ4n) is 5.69. The molecule has 0 spiro atoms. The zero-order chi connectivity index (χ0) is 27.1. The van der Waals surface area contributed by atoms with Crippen LogP contribution >= 0.6 is 0 Å². The van der Waals surface area contributed by atoms with Crippen LogP contribution in [0.1, 0.15) is 30.1 Å². The fraction of sp³-hybridized carbons (Fsp3) is 0.226. The number of nitrogens with zero attached hydrogens (tertiary/aromatic N) is 4. The van der Waals surface area contributed by atoms with Gasteiger partial charge in [-0.15, -0.1) is 0 Å². The minimum Gasteiger partial charge on any atom is -0.357 e. The number of hydrogen-bond donors (Lipinski definition) is 4. The number of hydrazine groups is 1. The van der Waals surface area contributed by atoms with Gasteiger partial charge in [0, 0.05) is 63.4 Å². The molecule has 1 unspecified atom stereocenters. The van der Waals surface area contributed by atoms with E-state index in [1.54, 1.807) is 6.20 Å². The summed E-state index contributed by atoms with van der Waals surface area (Å²) < 4.78 is 0. The summed E-state index contributed by atoms with van der Waals surface area (Å²) in [6.07, 6.45) is 8.91. The second-order valence-corrected chi connectivity index (χ2v) is 10.6. The summed E-state index contributed by atoms with van der Waals surface area (Å²) in [6, 6.07) is 18.4. The van der Waals surface area contributed by atoms with Gasteiger partial charge in [-0.1, -0.05) is 18.2 Å². The van der Waals surface area contributed by atoms with Crippen LogP contribution in [0.15, 0.2) is 79.4 Å². The quantitative estimate of drug-likeness (QED) is 0.253. The molecule has 1 saturated heterocycles. The van der Waals surface area contributed by atoms with Crippen molar-refractivity contribution >= 4 is 28.3 Å². The number of anilines is 2. The minimum absolute atomic E-state index is 0.0360. The van der Waals surface area contributed by atoms with Crippen LogP contribution in [0.25, 0.3) is 33.3 Å². The van der Waals surface area contributed by atoms with Crippen LogP contribution < -0.4 is 16.2 Å². The summed E-state index contributed by atoms with van der Waals surface area (Å²) in [5.74, 6) is 0.891. The maximum atomic E-state index is 12.9. The smallest absolute Gasteiger partial charge is 0.227 e. The summed E-state index contributed by atoms with van der Waals surface area (Å²) >= 11 is 0. The van der Waals surface area contributed by atoms with E-state index in [0.717, 1.165) is 76.3 Å². The molecule has 4 aromatic heterocycles. The first-order chi connectivity index (χ1) is 19.6. The molecule has 0 saturated carbocycles. The van der Waals surface area contributed by atoms with Crippen LogP contribution in [0.4, 0.5) is 11.5 Å². The molecule has 1 fully saturated rings. The van der Waals surface area contributed by atoms with E-state index in [4.69, 9.17) is 0 Å². The number of aromatic nitrogens is 4. The van der Waals surface area contributed by atoms with Gasteiger partial charge >= 0.3 is 0 Å². The Kier molecular flexibility index (Phi) is 6.22. The third kappa shape index (κ3) is 4.59. The Morgan fingerprint density at radius 3 is 2.70 bits per heavy atom. The van der Waals surface area contributed by atoms with Crippen molar-refractivity contribution in [3.8, 4) is 22.4 Å². The number of aromatic amines is 1. The van der Waals surface area contributed by atoms with Crippen LogP contribution in [0, 0.1) is 5.92 Å². The van der Waals surface area contributed by atoms with Gasteiger partial charge in [-0.2, -0.15) is 0 Å². The zero-order valence-corrected chi connectivity index (χ0v) is 22.2. The molecule has 2 aliphatic heterocycles. The molecule has 5 aromatic rings. The van der Waals surface area contributed by atoms with E-state index >= 15 is 0 Å². The molecule has 2 aliphatic rings. The lowest BCUT2D eigenvalue weighted by Gasteiger charge is -2.28. The SMILES string of the molecule is CN1CCC(C(=O)Nc2cncc(-c3cnc4c(c3)C(c3cc5c(-c6ccccn6)cccc5[nH]3)NN4)c2)CC1. The Hall–Kier alpha value is -4.60. The number of hydrogen-bond acceptors (Lipinski definition) is 7. The largest absolute Gasteiger partial charge is 0.357 e. The van der Waals surface area contributed by atoms with Crippen molar-refractivity contribution in [2.45, 2.75) is 18.9 Å². The van der Waals surface area contributed by atoms with Gasteiger partial charge in [-0.05, 0) is 69.4 Å². The normalized spacial score (nSPS) is 17.5. The number of piperidine rings is 1. The number of carbonyl (C=O) groups excluding carboxylic acids is 1. The lowest BCUT2D eigenvalue weighted by atomic mass is 9.96. The van der Waals surface area contributed by atoms with Gasteiger partial charge < -0.3 is 20.6 Å². The van der Waals surface area contributed by atoms with E-state index in [-0.39, 0.29) is 17.9 Å². The van der Waals surface area contributed by atoms with Gasteiger partial charge in [-0.3, -0.25) is 14.8 Å². The molecule has 4 N–H and O–H groups in total. The number of benzene rings is 1. The van der Waals surface area contributed by atoms with Crippen LogP contribution in [0.5, 0.6) is 0 Å². The molecule has 40 heavy (non-hydrogen) atoms. The highest BCUT2D eigenvalue weighted by Gasteiger charge is 2.27. The molecule has 0 aliphatic carbocycles. The predicted molar refractivity (Wildman–Crippen MR) is 156 cm³/mol. The molecule has 0 radical (unpaired) electrons. The van der Waals surface area contributed by atoms with Crippen molar-refractivity contribution in [1.82, 2.24) is 30.3 Å². The van der Waals surface area contributed by atoms with Gasteiger partial charge in [0.05, 0.1) is 23.6 Å². The van der Waals surface area contributed by atoms with Crippen molar-refractivity contribution in [1.29, 1.82) is 0 Å². The number of amides is 1. The maximum absolute atomic E-state index is 12.9. The summed E-state index contributed by atoms with van der Waals surface area (Å²) in [7, 11) is 2.10. The van der Waals surface area contributed by atoms with E-state index < -0.39 is 0 Å². The van der Waals surface area contributed by atoms with E-state index in [0.29, 0.717) is 5.69 Å². The first kappa shape index (κ1) is 24.4. The third-order valence-electron chi connectivity index (χ3n) is 7.93. The molecule has 1 atom stereocenters. The average molecular weight is 531 g/mol. The van der Waals surface area contributed by atoms with Gasteiger partial charge in [0.2, 0.25) is 5.91 Å². The van der Waals surface area contributed by atoms with Gasteiger partial charge in [0.15, 0.2) is 0 Å². The van der Waals surface area contributed by atoms with Crippen molar-refractivity contribution in [2.75, 3.05) is 30.9 Å². The van der Waals surface area contributed by atoms with Crippen molar-refractivity contribution < 1.29 is 4.79 Å². The number of rotatable bonds is 5. The lowest BCUT2D eigenvalue weighted by Crippen LogP contribution is -2.35. The van der Waals surface area contributed by atoms with E-state index in [1.165, 1.54) is 0 Å². The lowest BCUT2D eigenvalue weighted by molar-refractivity contribution is -0.121. The van der Waals surface area contributed by atoms with Crippen molar-refractivity contribution in [3.05, 3.63) is 90.6 Å². The Morgan fingerprint density at radius 1 is 0.975 bits per heavy atom. The highest BCUT2D eigenvalue weighted by molar-refractivity contribution is 5.95. The fourth-order valence-corrected chi connectivity index (χ4v) is 5.69. The topological polar surface area (TPSA) is 111 Å². The number of H-pyrrole nitrogens is 1. The van der Waals surface area contributed by atoms with Crippen LogP contribution in [0.2, 0.25) is 0 Å². The van der Waals surface area contributed by atoms with E-state index in [2.05, 4.69) is 72.3 Å². The Bertz CT molecular complexity index is 1690. The van der Waals surface area contributed by atoms with E-state index in [1.807, 2.05) is 48.9 Å². The van der Waals surface area contributed by atoms with Crippen molar-refractivity contribution in [3.63, 3.8) is 0 Å². The van der Waals surface area contributed by atoms with Crippen LogP contribution in [-0.2, 0) is 4.79 Å². The summed E-state index contributed by atoms with van der Waals surface area (Å²) in [5, 5.41) is 4.20. The Morgan fingerprint density at radius 2 is 1.85 bits per heavy atom. The molecule has 0 bridgehead atoms. The Balaban J connectivity index is 1.16. The first-order valence-corrected chi connectivity index (χ1v) is 13.6. The summed E-state index contributed by atoms with van der Waals surface area (Å²) in [5.41, 5.74) is 14.3. The van der Waals surface area contributed by atoms with E-state index in [9.17, 15) is 4.79 Å². The molecular weight excluding hydrogens is 500 g/mol. The van der Waals surface area contributed by atoms with Crippen molar-refractivity contribution in [2.24, 2.45) is 5.92 Å². The highest BCUT2D eigenvalue weighted by Crippen LogP contribution is 2.37. The average Bonchev–Trinajstić information content (AvgIpc) is 3.62. The van der Waals surface area contributed by atoms with Gasteiger partial charge in [0.25, 0.3) is 0 Å². The Labute approximate surface area is 232 Å². The summed E-state index contributed by atoms with van der Waals surface area (Å²) in [6.45, 7) is 1.89. The highest BCUT2D eigenvalue weighted by atomic mass is 16.1. The third-order valence-corrected chi connectivity index (χ3v) is 7.93. The monoisotopic (exact) mass is 530 g/mol.